The molecule has 0 spiro atoms. The molecular weight excluding hydrogens is 392 g/mol. The highest BCUT2D eigenvalue weighted by Gasteiger charge is 2.21. The molecule has 3 nitrogen and oxygen atoms in total. The van der Waals surface area contributed by atoms with Gasteiger partial charge in [0.1, 0.15) is 12.1 Å². The van der Waals surface area contributed by atoms with Gasteiger partial charge in [-0.2, -0.15) is 0 Å². The molecule has 2 aromatic rings. The van der Waals surface area contributed by atoms with E-state index in [9.17, 15) is 0 Å². The number of para-hydroxylation sites is 1. The summed E-state index contributed by atoms with van der Waals surface area (Å²) in [6.07, 6.45) is 22.2. The molecule has 1 aliphatic rings. The number of benzene rings is 1. The minimum atomic E-state index is 0.777. The van der Waals surface area contributed by atoms with Crippen LogP contribution < -0.4 is 4.74 Å². The van der Waals surface area contributed by atoms with E-state index in [1.165, 1.54) is 82.6 Å². The molecule has 1 aromatic carbocycles. The Morgan fingerprint density at radius 2 is 1.56 bits per heavy atom. The number of unbranched alkanes of at least 4 members (excludes halogenated alkanes) is 5. The Hall–Kier alpha value is -1.90. The monoisotopic (exact) mass is 436 g/mol. The summed E-state index contributed by atoms with van der Waals surface area (Å²) in [6, 6.07) is 8.38. The molecule has 1 saturated carbocycles. The van der Waals surface area contributed by atoms with Gasteiger partial charge in [-0.3, -0.25) is 0 Å². The van der Waals surface area contributed by atoms with E-state index in [-0.39, 0.29) is 0 Å². The van der Waals surface area contributed by atoms with Gasteiger partial charge in [0.25, 0.3) is 0 Å². The number of hydrogen-bond acceptors (Lipinski definition) is 3. The molecule has 3 rings (SSSR count). The van der Waals surface area contributed by atoms with Gasteiger partial charge in [0, 0.05) is 11.8 Å². The Morgan fingerprint density at radius 3 is 2.34 bits per heavy atom. The smallest absolute Gasteiger partial charge is 0.128 e. The van der Waals surface area contributed by atoms with Crippen LogP contribution in [0.5, 0.6) is 5.75 Å². The summed E-state index contributed by atoms with van der Waals surface area (Å²) < 4.78 is 6.18. The Morgan fingerprint density at radius 1 is 0.844 bits per heavy atom. The first-order valence-corrected chi connectivity index (χ1v) is 13.3. The summed E-state index contributed by atoms with van der Waals surface area (Å²) in [4.78, 5) is 9.06. The highest BCUT2D eigenvalue weighted by molar-refractivity contribution is 5.69. The first kappa shape index (κ1) is 24.7. The summed E-state index contributed by atoms with van der Waals surface area (Å²) in [6.45, 7) is 5.32. The van der Waals surface area contributed by atoms with Crippen LogP contribution in [0.1, 0.15) is 103 Å². The molecule has 0 saturated heterocycles. The summed E-state index contributed by atoms with van der Waals surface area (Å²) in [5.74, 6) is 2.79. The third-order valence-corrected chi connectivity index (χ3v) is 7.19. The largest absolute Gasteiger partial charge is 0.493 e. The first-order valence-electron chi connectivity index (χ1n) is 13.3. The van der Waals surface area contributed by atoms with Crippen LogP contribution in [-0.2, 0) is 6.42 Å². The molecule has 0 amide bonds. The van der Waals surface area contributed by atoms with Crippen LogP contribution >= 0.6 is 0 Å². The molecule has 1 heterocycles. The minimum Gasteiger partial charge on any atom is -0.493 e. The number of hydrogen-bond donors (Lipinski definition) is 0. The van der Waals surface area contributed by atoms with Gasteiger partial charge in [-0.15, -0.1) is 0 Å². The van der Waals surface area contributed by atoms with Crippen molar-refractivity contribution in [2.45, 2.75) is 104 Å². The topological polar surface area (TPSA) is 35.0 Å². The maximum Gasteiger partial charge on any atom is 0.128 e. The normalized spacial score (nSPS) is 18.6. The van der Waals surface area contributed by atoms with Crippen molar-refractivity contribution >= 4 is 0 Å². The van der Waals surface area contributed by atoms with Crippen LogP contribution in [0, 0.1) is 11.8 Å². The van der Waals surface area contributed by atoms with Crippen LogP contribution in [-0.4, -0.2) is 16.6 Å². The van der Waals surface area contributed by atoms with Crippen molar-refractivity contribution in [2.75, 3.05) is 6.61 Å². The molecule has 0 bridgehead atoms. The van der Waals surface area contributed by atoms with Crippen molar-refractivity contribution < 1.29 is 4.74 Å². The van der Waals surface area contributed by atoms with Crippen LogP contribution in [0.15, 0.2) is 36.8 Å². The fraction of sp³-hybridized carbons (Fsp3) is 0.655. The number of aromatic nitrogens is 2. The number of ether oxygens (including phenoxy) is 1. The lowest BCUT2D eigenvalue weighted by molar-refractivity contribution is 0.249. The predicted octanol–water partition coefficient (Wildman–Crippen LogP) is 8.42. The van der Waals surface area contributed by atoms with E-state index in [4.69, 9.17) is 9.72 Å². The van der Waals surface area contributed by atoms with Crippen molar-refractivity contribution in [3.8, 4) is 17.0 Å². The fourth-order valence-electron chi connectivity index (χ4n) is 5.13. The van der Waals surface area contributed by atoms with Gasteiger partial charge in [0.05, 0.1) is 12.3 Å². The zero-order valence-corrected chi connectivity index (χ0v) is 20.5. The van der Waals surface area contributed by atoms with E-state index in [0.717, 1.165) is 48.3 Å². The van der Waals surface area contributed by atoms with Gasteiger partial charge in [-0.1, -0.05) is 96.6 Å². The standard InChI is InChI=1S/C29H44N2O/c1-3-5-7-11-21-32-28-14-10-9-13-27(28)29-26(22-30-23-31-29)20-19-25-17-15-24(16-18-25)12-8-6-4-2/h9-10,13-14,22-25H,3-8,11-12,15-21H2,1-2H3. The van der Waals surface area contributed by atoms with Gasteiger partial charge in [-0.25, -0.2) is 9.97 Å². The van der Waals surface area contributed by atoms with Crippen LogP contribution in [0.4, 0.5) is 0 Å². The van der Waals surface area contributed by atoms with Crippen molar-refractivity contribution in [1.29, 1.82) is 0 Å². The summed E-state index contributed by atoms with van der Waals surface area (Å²) in [5.41, 5.74) is 3.43. The quantitative estimate of drug-likeness (QED) is 0.279. The Balaban J connectivity index is 1.55. The van der Waals surface area contributed by atoms with Crippen LogP contribution in [0.2, 0.25) is 0 Å². The maximum absolute atomic E-state index is 6.18. The molecule has 1 aliphatic carbocycles. The second kappa shape index (κ2) is 14.3. The van der Waals surface area contributed by atoms with E-state index >= 15 is 0 Å². The molecule has 3 heteroatoms. The summed E-state index contributed by atoms with van der Waals surface area (Å²) >= 11 is 0. The number of rotatable bonds is 14. The predicted molar refractivity (Wildman–Crippen MR) is 135 cm³/mol. The number of nitrogens with zero attached hydrogens (tertiary/aromatic N) is 2. The van der Waals surface area contributed by atoms with Gasteiger partial charge in [-0.05, 0) is 48.8 Å². The molecule has 0 atom stereocenters. The molecule has 0 radical (unpaired) electrons. The molecular formula is C29H44N2O. The lowest BCUT2D eigenvalue weighted by Crippen LogP contribution is -2.15. The van der Waals surface area contributed by atoms with Crippen LogP contribution in [0.3, 0.4) is 0 Å². The average Bonchev–Trinajstić information content (AvgIpc) is 2.84. The van der Waals surface area contributed by atoms with E-state index in [1.54, 1.807) is 6.33 Å². The second-order valence-electron chi connectivity index (χ2n) is 9.72. The Labute approximate surface area is 196 Å². The molecule has 0 aliphatic heterocycles. The van der Waals surface area contributed by atoms with E-state index < -0.39 is 0 Å². The Bertz CT molecular complexity index is 767. The summed E-state index contributed by atoms with van der Waals surface area (Å²) in [7, 11) is 0. The SMILES string of the molecule is CCCCCCOc1ccccc1-c1ncncc1CCC1CCC(CCCCC)CC1. The molecule has 0 unspecified atom stereocenters. The third-order valence-electron chi connectivity index (χ3n) is 7.19. The van der Waals surface area contributed by atoms with E-state index in [1.807, 2.05) is 6.20 Å². The highest BCUT2D eigenvalue weighted by Crippen LogP contribution is 2.36. The van der Waals surface area contributed by atoms with Gasteiger partial charge in [0.2, 0.25) is 0 Å². The fourth-order valence-corrected chi connectivity index (χ4v) is 5.13. The first-order chi connectivity index (χ1) is 15.8. The Kier molecular flexibility index (Phi) is 11.0. The van der Waals surface area contributed by atoms with Crippen molar-refractivity contribution in [2.24, 2.45) is 11.8 Å². The zero-order chi connectivity index (χ0) is 22.4. The van der Waals surface area contributed by atoms with E-state index in [2.05, 4.69) is 43.1 Å². The lowest BCUT2D eigenvalue weighted by Gasteiger charge is -2.28. The van der Waals surface area contributed by atoms with E-state index in [0.29, 0.717) is 0 Å². The van der Waals surface area contributed by atoms with Crippen molar-refractivity contribution in [3.63, 3.8) is 0 Å². The third kappa shape index (κ3) is 7.90. The molecule has 0 N–H and O–H groups in total. The van der Waals surface area contributed by atoms with Gasteiger partial charge in [0.15, 0.2) is 0 Å². The highest BCUT2D eigenvalue weighted by atomic mass is 16.5. The molecule has 176 valence electrons. The average molecular weight is 437 g/mol. The van der Waals surface area contributed by atoms with Crippen LogP contribution in [0.25, 0.3) is 11.3 Å². The van der Waals surface area contributed by atoms with Crippen molar-refractivity contribution in [3.05, 3.63) is 42.4 Å². The number of aryl methyl sites for hydroxylation is 1. The summed E-state index contributed by atoms with van der Waals surface area (Å²) in [5, 5.41) is 0. The zero-order valence-electron chi connectivity index (χ0n) is 20.5. The molecule has 1 fully saturated rings. The van der Waals surface area contributed by atoms with Gasteiger partial charge < -0.3 is 4.74 Å². The maximum atomic E-state index is 6.18. The van der Waals surface area contributed by atoms with Gasteiger partial charge >= 0.3 is 0 Å². The second-order valence-corrected chi connectivity index (χ2v) is 9.72. The lowest BCUT2D eigenvalue weighted by atomic mass is 9.77. The minimum absolute atomic E-state index is 0.777. The molecule has 32 heavy (non-hydrogen) atoms. The van der Waals surface area contributed by atoms with Crippen molar-refractivity contribution in [1.82, 2.24) is 9.97 Å². The molecule has 1 aromatic heterocycles.